The zero-order valence-electron chi connectivity index (χ0n) is 19.3. The Morgan fingerprint density at radius 3 is 2.53 bits per heavy atom. The Morgan fingerprint density at radius 2 is 1.85 bits per heavy atom. The molecule has 2 unspecified atom stereocenters. The molecule has 3 aliphatic heterocycles. The van der Waals surface area contributed by atoms with Gasteiger partial charge in [0.15, 0.2) is 5.82 Å². The van der Waals surface area contributed by atoms with E-state index in [1.165, 1.54) is 0 Å². The summed E-state index contributed by atoms with van der Waals surface area (Å²) in [6.45, 7) is 6.99. The van der Waals surface area contributed by atoms with Crippen LogP contribution >= 0.6 is 38.6 Å². The number of aromatic nitrogens is 4. The maximum Gasteiger partial charge on any atom is 0.159 e. The first-order chi connectivity index (χ1) is 15.4. The zero-order valence-corrected chi connectivity index (χ0v) is 22.1. The van der Waals surface area contributed by atoms with Gasteiger partial charge in [-0.2, -0.15) is 32.1 Å². The van der Waals surface area contributed by atoms with Crippen molar-refractivity contribution in [3.63, 3.8) is 0 Å². The molecule has 0 saturated carbocycles. The van der Waals surface area contributed by atoms with Gasteiger partial charge in [-0.15, -0.1) is 0 Å². The fourth-order valence-electron chi connectivity index (χ4n) is 5.16. The second kappa shape index (κ2) is 9.39. The van der Waals surface area contributed by atoms with Gasteiger partial charge < -0.3 is 19.6 Å². The molecule has 3 aliphatic rings. The van der Waals surface area contributed by atoms with Crippen molar-refractivity contribution in [2.45, 2.75) is 50.9 Å². The summed E-state index contributed by atoms with van der Waals surface area (Å²) in [6, 6.07) is 6.46. The van der Waals surface area contributed by atoms with E-state index in [1.807, 2.05) is 36.9 Å². The number of hydrogen-bond acceptors (Lipinski definition) is 7. The number of hydrogen-bond donors (Lipinski definition) is 1. The van der Waals surface area contributed by atoms with Crippen molar-refractivity contribution in [1.29, 1.82) is 0 Å². The molecule has 1 aromatic carbocycles. The molecule has 0 spiro atoms. The summed E-state index contributed by atoms with van der Waals surface area (Å²) in [5.74, 6) is 2.40. The highest BCUT2D eigenvalue weighted by molar-refractivity contribution is 7.59. The van der Waals surface area contributed by atoms with Crippen LogP contribution in [0.1, 0.15) is 32.0 Å². The highest BCUT2D eigenvalue weighted by Crippen LogP contribution is 2.36. The van der Waals surface area contributed by atoms with E-state index in [4.69, 9.17) is 26.3 Å². The summed E-state index contributed by atoms with van der Waals surface area (Å²) in [4.78, 5) is 14.0. The van der Waals surface area contributed by atoms with Gasteiger partial charge in [-0.25, -0.2) is 14.6 Å². The number of aliphatic hydroxyl groups is 1. The van der Waals surface area contributed by atoms with Crippen LogP contribution in [0.4, 0.5) is 11.5 Å². The summed E-state index contributed by atoms with van der Waals surface area (Å²) in [5, 5.41) is 16.6. The predicted molar refractivity (Wildman–Crippen MR) is 145 cm³/mol. The van der Waals surface area contributed by atoms with Crippen LogP contribution in [0.2, 0.25) is 5.02 Å². The number of ether oxygens (including phenoxy) is 1. The molecule has 2 aromatic heterocycles. The Kier molecular flexibility index (Phi) is 7.00. The molecule has 0 amide bonds. The molecule has 0 aliphatic carbocycles. The second-order valence-electron chi connectivity index (χ2n) is 9.53. The molecule has 184 valence electrons. The first-order valence-electron chi connectivity index (χ1n) is 11.3. The number of rotatable bonds is 3. The standard InChI is InChI=1S/C23H27ClN6O2.2H2S/c1-14-26-21(29-12-17-8-16(29)13-32-17)10-22(27-14)30-19-9-20(18(24)7-15(19)11-25-30)28-5-3-23(2,31)4-6-28;;/h7,9-11,16-17,31H,3-6,8,12-13H2,1-2H3;2*1H2. The number of fused-ring (bicyclic) bond motifs is 3. The largest absolute Gasteiger partial charge is 0.390 e. The SMILES string of the molecule is Cc1nc(N2CC3CC2CO3)cc(-n2ncc3cc(Cl)c(N4CCC(C)(O)CC4)cc32)n1.S.S. The first-order valence-corrected chi connectivity index (χ1v) is 11.6. The Morgan fingerprint density at radius 1 is 1.12 bits per heavy atom. The monoisotopic (exact) mass is 522 g/mol. The van der Waals surface area contributed by atoms with Gasteiger partial charge in [-0.3, -0.25) is 0 Å². The number of nitrogens with zero attached hydrogens (tertiary/aromatic N) is 6. The van der Waals surface area contributed by atoms with Crippen molar-refractivity contribution in [2.24, 2.45) is 0 Å². The molecule has 3 saturated heterocycles. The van der Waals surface area contributed by atoms with Crippen molar-refractivity contribution < 1.29 is 9.84 Å². The summed E-state index contributed by atoms with van der Waals surface area (Å²) < 4.78 is 7.63. The molecule has 8 nitrogen and oxygen atoms in total. The number of aryl methyl sites for hydroxylation is 1. The lowest BCUT2D eigenvalue weighted by Gasteiger charge is -2.37. The number of benzene rings is 1. The van der Waals surface area contributed by atoms with E-state index in [9.17, 15) is 5.11 Å². The number of piperidine rings is 1. The molecule has 5 heterocycles. The Balaban J connectivity index is 0.00000137. The molecular weight excluding hydrogens is 492 g/mol. The van der Waals surface area contributed by atoms with Gasteiger partial charge in [0.05, 0.1) is 46.8 Å². The lowest BCUT2D eigenvalue weighted by molar-refractivity contribution is 0.0351. The van der Waals surface area contributed by atoms with E-state index < -0.39 is 5.60 Å². The molecular formula is C23H31ClN6O2S2. The Hall–Kier alpha value is -1.72. The minimum Gasteiger partial charge on any atom is -0.390 e. The van der Waals surface area contributed by atoms with E-state index in [0.717, 1.165) is 79.6 Å². The third kappa shape index (κ3) is 4.46. The average Bonchev–Trinajstić information content (AvgIpc) is 3.48. The topological polar surface area (TPSA) is 79.5 Å². The molecule has 34 heavy (non-hydrogen) atoms. The van der Waals surface area contributed by atoms with Crippen molar-refractivity contribution in [3.8, 4) is 5.82 Å². The molecule has 1 N–H and O–H groups in total. The molecule has 11 heteroatoms. The van der Waals surface area contributed by atoms with E-state index in [1.54, 1.807) is 0 Å². The van der Waals surface area contributed by atoms with Crippen LogP contribution in [0, 0.1) is 6.92 Å². The zero-order chi connectivity index (χ0) is 22.0. The second-order valence-corrected chi connectivity index (χ2v) is 9.94. The number of morpholine rings is 1. The lowest BCUT2D eigenvalue weighted by Crippen LogP contribution is -2.42. The number of anilines is 2. The normalized spacial score (nSPS) is 23.2. The van der Waals surface area contributed by atoms with E-state index in [0.29, 0.717) is 17.2 Å². The van der Waals surface area contributed by atoms with Gasteiger partial charge in [0.25, 0.3) is 0 Å². The maximum absolute atomic E-state index is 10.3. The summed E-state index contributed by atoms with van der Waals surface area (Å²) in [6.07, 6.45) is 4.63. The van der Waals surface area contributed by atoms with Crippen LogP contribution in [-0.4, -0.2) is 68.8 Å². The van der Waals surface area contributed by atoms with E-state index in [-0.39, 0.29) is 27.0 Å². The van der Waals surface area contributed by atoms with Crippen molar-refractivity contribution in [3.05, 3.63) is 35.2 Å². The van der Waals surface area contributed by atoms with Gasteiger partial charge >= 0.3 is 0 Å². The lowest BCUT2D eigenvalue weighted by atomic mass is 9.93. The van der Waals surface area contributed by atoms with Crippen molar-refractivity contribution in [2.75, 3.05) is 36.0 Å². The third-order valence-corrected chi connectivity index (χ3v) is 7.34. The van der Waals surface area contributed by atoms with E-state index >= 15 is 0 Å². The fourth-order valence-corrected chi connectivity index (χ4v) is 5.45. The Bertz CT molecular complexity index is 1200. The fraction of sp³-hybridized carbons (Fsp3) is 0.522. The van der Waals surface area contributed by atoms with Crippen LogP contribution in [0.15, 0.2) is 24.4 Å². The number of halogens is 1. The van der Waals surface area contributed by atoms with Crippen LogP contribution < -0.4 is 9.80 Å². The summed E-state index contributed by atoms with van der Waals surface area (Å²) in [5.41, 5.74) is 1.32. The third-order valence-electron chi connectivity index (χ3n) is 7.04. The minimum absolute atomic E-state index is 0. The van der Waals surface area contributed by atoms with Gasteiger partial charge in [0.2, 0.25) is 0 Å². The highest BCUT2D eigenvalue weighted by Gasteiger charge is 2.40. The van der Waals surface area contributed by atoms with Gasteiger partial charge in [-0.05, 0) is 45.2 Å². The average molecular weight is 523 g/mol. The highest BCUT2D eigenvalue weighted by atomic mass is 35.5. The molecule has 3 fully saturated rings. The van der Waals surface area contributed by atoms with Crippen LogP contribution in [0.25, 0.3) is 16.7 Å². The molecule has 2 bridgehead atoms. The van der Waals surface area contributed by atoms with Crippen LogP contribution in [0.3, 0.4) is 0 Å². The molecule has 2 atom stereocenters. The van der Waals surface area contributed by atoms with Gasteiger partial charge in [-0.1, -0.05) is 11.6 Å². The quantitative estimate of drug-likeness (QED) is 0.565. The summed E-state index contributed by atoms with van der Waals surface area (Å²) in [7, 11) is 0. The molecule has 3 aromatic rings. The van der Waals surface area contributed by atoms with Crippen LogP contribution in [-0.2, 0) is 4.74 Å². The molecule has 6 rings (SSSR count). The van der Waals surface area contributed by atoms with Crippen molar-refractivity contribution in [1.82, 2.24) is 19.7 Å². The van der Waals surface area contributed by atoms with Gasteiger partial charge in [0, 0.05) is 31.1 Å². The van der Waals surface area contributed by atoms with E-state index in [2.05, 4.69) is 21.0 Å². The Labute approximate surface area is 218 Å². The smallest absolute Gasteiger partial charge is 0.159 e. The summed E-state index contributed by atoms with van der Waals surface area (Å²) >= 11 is 6.65. The first kappa shape index (κ1) is 25.4. The van der Waals surface area contributed by atoms with Gasteiger partial charge in [0.1, 0.15) is 11.6 Å². The van der Waals surface area contributed by atoms with Crippen LogP contribution in [0.5, 0.6) is 0 Å². The maximum atomic E-state index is 10.3. The molecule has 0 radical (unpaired) electrons. The van der Waals surface area contributed by atoms with Crippen molar-refractivity contribution >= 4 is 61.0 Å². The predicted octanol–water partition coefficient (Wildman–Crippen LogP) is 3.33. The minimum atomic E-state index is -0.607.